The van der Waals surface area contributed by atoms with E-state index in [1.54, 1.807) is 53.4 Å². The molecule has 4 aromatic carbocycles. The maximum Gasteiger partial charge on any atom is 0.323 e. The van der Waals surface area contributed by atoms with E-state index in [1.807, 2.05) is 39.1 Å². The molecule has 0 bridgehead atoms. The molecule has 4 amide bonds. The average Bonchev–Trinajstić information content (AvgIpc) is 3.13. The predicted octanol–water partition coefficient (Wildman–Crippen LogP) is 5.59. The Kier molecular flexibility index (Phi) is 11.7. The second-order valence-corrected chi connectivity index (χ2v) is 12.7. The first kappa shape index (κ1) is 35.8. The first-order valence-corrected chi connectivity index (χ1v) is 16.5. The molecule has 0 aliphatic carbocycles. The highest BCUT2D eigenvalue weighted by Crippen LogP contribution is 2.30. The van der Waals surface area contributed by atoms with Crippen LogP contribution in [0.5, 0.6) is 5.75 Å². The standard InChI is InChI=1S/C38H43FN6O5/c1-24-20-45(25(2)23-46)36(47)19-28-18-31(42-38(49)41-30-14-12-29(39)13-15-30)16-17-34(28)50-35(24)22-44(3)21-26-8-10-27(11-9-26)37(48)43-33-7-5-4-6-32(33)40/h4-18,24-25,35,46H,19-23,40H2,1-3H3,(H,43,48)(H2,41,42,49)/t24-,25+,35-/m1/s1. The number of likely N-dealkylation sites (N-methyl/N-ethyl adjacent to an activating group) is 1. The lowest BCUT2D eigenvalue weighted by atomic mass is 10.0. The zero-order valence-electron chi connectivity index (χ0n) is 28.4. The smallest absolute Gasteiger partial charge is 0.323 e. The van der Waals surface area contributed by atoms with Crippen molar-refractivity contribution in [1.29, 1.82) is 0 Å². The molecular formula is C38H43FN6O5. The van der Waals surface area contributed by atoms with E-state index in [9.17, 15) is 23.9 Å². The van der Waals surface area contributed by atoms with Crippen LogP contribution in [0.3, 0.4) is 0 Å². The topological polar surface area (TPSA) is 149 Å². The van der Waals surface area contributed by atoms with Crippen LogP contribution in [0.25, 0.3) is 0 Å². The van der Waals surface area contributed by atoms with E-state index < -0.39 is 17.9 Å². The summed E-state index contributed by atoms with van der Waals surface area (Å²) in [7, 11) is 1.98. The zero-order valence-corrected chi connectivity index (χ0v) is 28.4. The molecule has 0 fully saturated rings. The van der Waals surface area contributed by atoms with Crippen LogP contribution >= 0.6 is 0 Å². The Morgan fingerprint density at radius 3 is 2.38 bits per heavy atom. The number of urea groups is 1. The molecule has 11 nitrogen and oxygen atoms in total. The third-order valence-electron chi connectivity index (χ3n) is 8.65. The second kappa shape index (κ2) is 16.3. The van der Waals surface area contributed by atoms with Crippen LogP contribution in [0.4, 0.5) is 31.9 Å². The minimum atomic E-state index is -0.523. The molecular weight excluding hydrogens is 639 g/mol. The monoisotopic (exact) mass is 682 g/mol. The van der Waals surface area contributed by atoms with Gasteiger partial charge in [0.05, 0.1) is 30.4 Å². The van der Waals surface area contributed by atoms with Crippen LogP contribution in [0.1, 0.15) is 35.3 Å². The number of aliphatic hydroxyl groups excluding tert-OH is 1. The van der Waals surface area contributed by atoms with Gasteiger partial charge in [-0.1, -0.05) is 31.2 Å². The average molecular weight is 683 g/mol. The lowest BCUT2D eigenvalue weighted by Crippen LogP contribution is -2.47. The number of carbonyl (C=O) groups is 3. The summed E-state index contributed by atoms with van der Waals surface area (Å²) in [6.07, 6.45) is -0.319. The summed E-state index contributed by atoms with van der Waals surface area (Å²) in [5.74, 6) is -0.396. The van der Waals surface area contributed by atoms with Crippen LogP contribution < -0.4 is 26.4 Å². The number of nitrogen functional groups attached to an aromatic ring is 1. The van der Waals surface area contributed by atoms with Gasteiger partial charge in [-0.25, -0.2) is 9.18 Å². The molecule has 0 spiro atoms. The molecule has 0 saturated carbocycles. The molecule has 12 heteroatoms. The number of aliphatic hydroxyl groups is 1. The second-order valence-electron chi connectivity index (χ2n) is 12.7. The lowest BCUT2D eigenvalue weighted by Gasteiger charge is -2.34. The Bertz CT molecular complexity index is 1800. The van der Waals surface area contributed by atoms with Crippen LogP contribution in [0.2, 0.25) is 0 Å². The van der Waals surface area contributed by atoms with E-state index in [2.05, 4.69) is 20.9 Å². The number of anilines is 4. The van der Waals surface area contributed by atoms with Gasteiger partial charge in [0.25, 0.3) is 5.91 Å². The fourth-order valence-corrected chi connectivity index (χ4v) is 5.80. The number of rotatable bonds is 10. The van der Waals surface area contributed by atoms with Crippen molar-refractivity contribution in [2.24, 2.45) is 5.92 Å². The first-order chi connectivity index (χ1) is 24.0. The highest BCUT2D eigenvalue weighted by Gasteiger charge is 2.31. The van der Waals surface area contributed by atoms with Crippen molar-refractivity contribution in [3.05, 3.63) is 114 Å². The molecule has 262 valence electrons. The van der Waals surface area contributed by atoms with Crippen LogP contribution in [0.15, 0.2) is 91.0 Å². The molecule has 0 saturated heterocycles. The van der Waals surface area contributed by atoms with Gasteiger partial charge in [0.15, 0.2) is 0 Å². The molecule has 1 aliphatic heterocycles. The van der Waals surface area contributed by atoms with Crippen molar-refractivity contribution in [1.82, 2.24) is 9.80 Å². The number of fused-ring (bicyclic) bond motifs is 1. The number of halogens is 1. The number of nitrogens with zero attached hydrogens (tertiary/aromatic N) is 2. The van der Waals surface area contributed by atoms with Gasteiger partial charge in [-0.2, -0.15) is 0 Å². The van der Waals surface area contributed by atoms with Gasteiger partial charge in [0.2, 0.25) is 5.91 Å². The number of benzene rings is 4. The highest BCUT2D eigenvalue weighted by molar-refractivity contribution is 6.05. The van der Waals surface area contributed by atoms with Crippen LogP contribution in [-0.4, -0.2) is 71.6 Å². The number of hydrogen-bond donors (Lipinski definition) is 5. The zero-order chi connectivity index (χ0) is 35.8. The molecule has 50 heavy (non-hydrogen) atoms. The maximum absolute atomic E-state index is 13.6. The van der Waals surface area contributed by atoms with E-state index >= 15 is 0 Å². The van der Waals surface area contributed by atoms with Gasteiger partial charge in [-0.15, -0.1) is 0 Å². The summed E-state index contributed by atoms with van der Waals surface area (Å²) in [5, 5.41) is 18.2. The summed E-state index contributed by atoms with van der Waals surface area (Å²) in [4.78, 5) is 42.9. The van der Waals surface area contributed by atoms with Crippen molar-refractivity contribution in [2.75, 3.05) is 48.4 Å². The lowest BCUT2D eigenvalue weighted by molar-refractivity contribution is -0.134. The van der Waals surface area contributed by atoms with Crippen molar-refractivity contribution in [3.8, 4) is 5.75 Å². The molecule has 4 aromatic rings. The van der Waals surface area contributed by atoms with Crippen molar-refractivity contribution >= 4 is 40.6 Å². The molecule has 6 N–H and O–H groups in total. The fourth-order valence-electron chi connectivity index (χ4n) is 5.80. The molecule has 1 aliphatic rings. The number of carbonyl (C=O) groups excluding carboxylic acids is 3. The van der Waals surface area contributed by atoms with Gasteiger partial charge in [0.1, 0.15) is 17.7 Å². The summed E-state index contributed by atoms with van der Waals surface area (Å²) in [6, 6.07) is 24.1. The Labute approximate surface area is 291 Å². The largest absolute Gasteiger partial charge is 0.488 e. The Balaban J connectivity index is 1.29. The van der Waals surface area contributed by atoms with Crippen molar-refractivity contribution in [2.45, 2.75) is 39.0 Å². The summed E-state index contributed by atoms with van der Waals surface area (Å²) in [6.45, 7) is 5.13. The first-order valence-electron chi connectivity index (χ1n) is 16.5. The Morgan fingerprint density at radius 1 is 1.00 bits per heavy atom. The molecule has 0 unspecified atom stereocenters. The summed E-state index contributed by atoms with van der Waals surface area (Å²) >= 11 is 0. The number of ether oxygens (including phenoxy) is 1. The number of para-hydroxylation sites is 2. The van der Waals surface area contributed by atoms with Gasteiger partial charge in [-0.3, -0.25) is 14.5 Å². The van der Waals surface area contributed by atoms with Crippen LogP contribution in [0, 0.1) is 11.7 Å². The minimum Gasteiger partial charge on any atom is -0.488 e. The fraction of sp³-hybridized carbons (Fsp3) is 0.289. The van der Waals surface area contributed by atoms with Crippen LogP contribution in [-0.2, 0) is 17.8 Å². The molecule has 3 atom stereocenters. The van der Waals surface area contributed by atoms with Crippen molar-refractivity contribution < 1.29 is 28.6 Å². The third kappa shape index (κ3) is 9.36. The van der Waals surface area contributed by atoms with E-state index in [0.29, 0.717) is 59.3 Å². The molecule has 0 radical (unpaired) electrons. The van der Waals surface area contributed by atoms with Gasteiger partial charge in [0, 0.05) is 48.1 Å². The Hall–Kier alpha value is -5.46. The third-order valence-corrected chi connectivity index (χ3v) is 8.65. The Morgan fingerprint density at radius 2 is 1.68 bits per heavy atom. The van der Waals surface area contributed by atoms with E-state index in [0.717, 1.165) is 5.56 Å². The van der Waals surface area contributed by atoms with Gasteiger partial charge >= 0.3 is 6.03 Å². The minimum absolute atomic E-state index is 0.0147. The summed E-state index contributed by atoms with van der Waals surface area (Å²) in [5.41, 5.74) is 9.99. The van der Waals surface area contributed by atoms with Crippen molar-refractivity contribution in [3.63, 3.8) is 0 Å². The maximum atomic E-state index is 13.6. The number of amides is 4. The van der Waals surface area contributed by atoms with Gasteiger partial charge in [-0.05, 0) is 86.3 Å². The number of nitrogens with two attached hydrogens (primary N) is 1. The van der Waals surface area contributed by atoms with Gasteiger partial charge < -0.3 is 36.4 Å². The van der Waals surface area contributed by atoms with E-state index in [-0.39, 0.29) is 36.9 Å². The van der Waals surface area contributed by atoms with E-state index in [1.165, 1.54) is 24.3 Å². The number of nitrogens with one attached hydrogen (secondary N) is 3. The highest BCUT2D eigenvalue weighted by atomic mass is 19.1. The SMILES string of the molecule is C[C@@H]1CN([C@@H](C)CO)C(=O)Cc2cc(NC(=O)Nc3ccc(F)cc3)ccc2O[C@@H]1CN(C)Cc1ccc(C(=O)Nc2ccccc2N)cc1. The molecule has 0 aromatic heterocycles. The quantitative estimate of drug-likeness (QED) is 0.137. The molecule has 5 rings (SSSR count). The molecule has 1 heterocycles. The normalized spacial score (nSPS) is 16.7. The number of hydrogen-bond acceptors (Lipinski definition) is 7. The van der Waals surface area contributed by atoms with E-state index in [4.69, 9.17) is 10.5 Å². The predicted molar refractivity (Wildman–Crippen MR) is 193 cm³/mol. The summed E-state index contributed by atoms with van der Waals surface area (Å²) < 4.78 is 19.9.